The van der Waals surface area contributed by atoms with Crippen LogP contribution in [0.2, 0.25) is 0 Å². The zero-order chi connectivity index (χ0) is 13.7. The Kier molecular flexibility index (Phi) is 4.18. The number of anilines is 1. The summed E-state index contributed by atoms with van der Waals surface area (Å²) in [6, 6.07) is 7.33. The second kappa shape index (κ2) is 6.04. The standard InChI is InChI=1S/C14H18N4O/c1-11-4-5-12(13(15)10-11)14(19)16-6-2-8-18-9-3-7-17-18/h3-5,7,9-10H,2,6,8,15H2,1H3,(H,16,19). The first kappa shape index (κ1) is 13.1. The SMILES string of the molecule is Cc1ccc(C(=O)NCCCn2cccn2)c(N)c1. The van der Waals surface area contributed by atoms with Crippen LogP contribution < -0.4 is 11.1 Å². The zero-order valence-corrected chi connectivity index (χ0v) is 11.0. The second-order valence-corrected chi connectivity index (χ2v) is 4.47. The highest BCUT2D eigenvalue weighted by Gasteiger charge is 2.08. The van der Waals surface area contributed by atoms with Gasteiger partial charge in [0.25, 0.3) is 5.91 Å². The van der Waals surface area contributed by atoms with Crippen molar-refractivity contribution < 1.29 is 4.79 Å². The van der Waals surface area contributed by atoms with Crippen LogP contribution in [-0.4, -0.2) is 22.2 Å². The van der Waals surface area contributed by atoms with E-state index >= 15 is 0 Å². The lowest BCUT2D eigenvalue weighted by Gasteiger charge is -2.08. The summed E-state index contributed by atoms with van der Waals surface area (Å²) in [6.45, 7) is 3.34. The fourth-order valence-corrected chi connectivity index (χ4v) is 1.86. The number of aryl methyl sites for hydroxylation is 2. The summed E-state index contributed by atoms with van der Waals surface area (Å²) in [5, 5.41) is 6.96. The average Bonchev–Trinajstić information content (AvgIpc) is 2.87. The van der Waals surface area contributed by atoms with E-state index in [4.69, 9.17) is 5.73 Å². The molecule has 1 heterocycles. The van der Waals surface area contributed by atoms with Gasteiger partial charge in [0, 0.05) is 31.2 Å². The minimum atomic E-state index is -0.127. The zero-order valence-electron chi connectivity index (χ0n) is 11.0. The molecule has 5 heteroatoms. The maximum atomic E-state index is 11.9. The van der Waals surface area contributed by atoms with Gasteiger partial charge in [-0.3, -0.25) is 9.48 Å². The fraction of sp³-hybridized carbons (Fsp3) is 0.286. The molecule has 1 aromatic carbocycles. The summed E-state index contributed by atoms with van der Waals surface area (Å²) >= 11 is 0. The molecule has 1 aromatic heterocycles. The Balaban J connectivity index is 1.81. The van der Waals surface area contributed by atoms with E-state index in [1.165, 1.54) is 0 Å². The van der Waals surface area contributed by atoms with Gasteiger partial charge >= 0.3 is 0 Å². The third-order valence-corrected chi connectivity index (χ3v) is 2.86. The van der Waals surface area contributed by atoms with Crippen LogP contribution in [0.25, 0.3) is 0 Å². The largest absolute Gasteiger partial charge is 0.398 e. The maximum absolute atomic E-state index is 11.9. The molecule has 0 aliphatic carbocycles. The molecule has 100 valence electrons. The van der Waals surface area contributed by atoms with Crippen LogP contribution in [0.1, 0.15) is 22.3 Å². The van der Waals surface area contributed by atoms with E-state index in [0.29, 0.717) is 17.8 Å². The number of rotatable bonds is 5. The first-order valence-electron chi connectivity index (χ1n) is 6.28. The Bertz CT molecular complexity index is 549. The highest BCUT2D eigenvalue weighted by Crippen LogP contribution is 2.13. The van der Waals surface area contributed by atoms with Crippen molar-refractivity contribution in [3.63, 3.8) is 0 Å². The van der Waals surface area contributed by atoms with E-state index in [1.807, 2.05) is 29.9 Å². The summed E-state index contributed by atoms with van der Waals surface area (Å²) in [6.07, 6.45) is 4.48. The number of nitrogen functional groups attached to an aromatic ring is 1. The minimum Gasteiger partial charge on any atom is -0.398 e. The first-order chi connectivity index (χ1) is 9.16. The van der Waals surface area contributed by atoms with Crippen LogP contribution in [0.4, 0.5) is 5.69 Å². The maximum Gasteiger partial charge on any atom is 0.253 e. The lowest BCUT2D eigenvalue weighted by Crippen LogP contribution is -2.26. The Morgan fingerprint density at radius 3 is 3.00 bits per heavy atom. The lowest BCUT2D eigenvalue weighted by atomic mass is 10.1. The van der Waals surface area contributed by atoms with Gasteiger partial charge in [-0.2, -0.15) is 5.10 Å². The third-order valence-electron chi connectivity index (χ3n) is 2.86. The van der Waals surface area contributed by atoms with Gasteiger partial charge in [-0.05, 0) is 37.1 Å². The van der Waals surface area contributed by atoms with Gasteiger partial charge in [0.1, 0.15) is 0 Å². The normalized spacial score (nSPS) is 10.4. The predicted molar refractivity (Wildman–Crippen MR) is 74.8 cm³/mol. The lowest BCUT2D eigenvalue weighted by molar-refractivity contribution is 0.0953. The van der Waals surface area contributed by atoms with Gasteiger partial charge in [0.15, 0.2) is 0 Å². The second-order valence-electron chi connectivity index (χ2n) is 4.47. The quantitative estimate of drug-likeness (QED) is 0.632. The molecule has 0 bridgehead atoms. The van der Waals surface area contributed by atoms with E-state index in [1.54, 1.807) is 18.3 Å². The number of amides is 1. The molecular formula is C14H18N4O. The molecule has 2 aromatic rings. The van der Waals surface area contributed by atoms with E-state index < -0.39 is 0 Å². The summed E-state index contributed by atoms with van der Waals surface area (Å²) < 4.78 is 1.84. The molecule has 0 atom stereocenters. The van der Waals surface area contributed by atoms with Gasteiger partial charge < -0.3 is 11.1 Å². The number of nitrogens with two attached hydrogens (primary N) is 1. The van der Waals surface area contributed by atoms with Crippen molar-refractivity contribution in [2.45, 2.75) is 19.9 Å². The van der Waals surface area contributed by atoms with Crippen molar-refractivity contribution in [2.24, 2.45) is 0 Å². The van der Waals surface area contributed by atoms with Crippen molar-refractivity contribution in [2.75, 3.05) is 12.3 Å². The van der Waals surface area contributed by atoms with Gasteiger partial charge in [0.2, 0.25) is 0 Å². The molecule has 1 amide bonds. The Labute approximate surface area is 112 Å². The monoisotopic (exact) mass is 258 g/mol. The Morgan fingerprint density at radius 1 is 1.47 bits per heavy atom. The third kappa shape index (κ3) is 3.58. The predicted octanol–water partition coefficient (Wildman–Crippen LogP) is 1.59. The van der Waals surface area contributed by atoms with Crippen LogP contribution >= 0.6 is 0 Å². The van der Waals surface area contributed by atoms with E-state index in [2.05, 4.69) is 10.4 Å². The molecule has 2 rings (SSSR count). The molecule has 0 saturated heterocycles. The number of benzene rings is 1. The van der Waals surface area contributed by atoms with Crippen LogP contribution in [0, 0.1) is 6.92 Å². The van der Waals surface area contributed by atoms with Crippen LogP contribution in [-0.2, 0) is 6.54 Å². The number of nitrogens with zero attached hydrogens (tertiary/aromatic N) is 2. The Morgan fingerprint density at radius 2 is 2.32 bits per heavy atom. The van der Waals surface area contributed by atoms with Crippen molar-refractivity contribution in [1.82, 2.24) is 15.1 Å². The van der Waals surface area contributed by atoms with Crippen LogP contribution in [0.3, 0.4) is 0 Å². The van der Waals surface area contributed by atoms with E-state index in [-0.39, 0.29) is 5.91 Å². The molecule has 0 saturated carbocycles. The highest BCUT2D eigenvalue weighted by atomic mass is 16.1. The van der Waals surface area contributed by atoms with E-state index in [9.17, 15) is 4.79 Å². The molecule has 0 unspecified atom stereocenters. The number of carbonyl (C=O) groups excluding carboxylic acids is 1. The van der Waals surface area contributed by atoms with Gasteiger partial charge in [-0.25, -0.2) is 0 Å². The number of hydrogen-bond acceptors (Lipinski definition) is 3. The Hall–Kier alpha value is -2.30. The van der Waals surface area contributed by atoms with Crippen molar-refractivity contribution in [3.8, 4) is 0 Å². The topological polar surface area (TPSA) is 72.9 Å². The molecule has 5 nitrogen and oxygen atoms in total. The number of carbonyl (C=O) groups is 1. The van der Waals surface area contributed by atoms with Gasteiger partial charge in [-0.1, -0.05) is 6.07 Å². The molecule has 0 spiro atoms. The van der Waals surface area contributed by atoms with Crippen LogP contribution in [0.5, 0.6) is 0 Å². The van der Waals surface area contributed by atoms with Gasteiger partial charge in [-0.15, -0.1) is 0 Å². The molecule has 0 aliphatic rings. The first-order valence-corrected chi connectivity index (χ1v) is 6.28. The molecule has 19 heavy (non-hydrogen) atoms. The fourth-order valence-electron chi connectivity index (χ4n) is 1.86. The number of nitrogens with one attached hydrogen (secondary N) is 1. The summed E-state index contributed by atoms with van der Waals surface area (Å²) in [4.78, 5) is 11.9. The minimum absolute atomic E-state index is 0.127. The molecule has 0 fully saturated rings. The summed E-state index contributed by atoms with van der Waals surface area (Å²) in [5.74, 6) is -0.127. The molecule has 0 radical (unpaired) electrons. The summed E-state index contributed by atoms with van der Waals surface area (Å²) in [5.41, 5.74) is 7.93. The van der Waals surface area contributed by atoms with Crippen LogP contribution in [0.15, 0.2) is 36.7 Å². The number of aromatic nitrogens is 2. The average molecular weight is 258 g/mol. The van der Waals surface area contributed by atoms with Gasteiger partial charge in [0.05, 0.1) is 5.56 Å². The highest BCUT2D eigenvalue weighted by molar-refractivity contribution is 5.99. The molecule has 0 aliphatic heterocycles. The van der Waals surface area contributed by atoms with Crippen molar-refractivity contribution in [1.29, 1.82) is 0 Å². The van der Waals surface area contributed by atoms with Crippen molar-refractivity contribution >= 4 is 11.6 Å². The summed E-state index contributed by atoms with van der Waals surface area (Å²) in [7, 11) is 0. The number of hydrogen-bond donors (Lipinski definition) is 2. The van der Waals surface area contributed by atoms with Crippen molar-refractivity contribution in [3.05, 3.63) is 47.8 Å². The van der Waals surface area contributed by atoms with E-state index in [0.717, 1.165) is 18.5 Å². The molecule has 3 N–H and O–H groups in total. The smallest absolute Gasteiger partial charge is 0.253 e. The molecular weight excluding hydrogens is 240 g/mol.